The van der Waals surface area contributed by atoms with Gasteiger partial charge in [-0.05, 0) is 49.5 Å². The number of halogens is 3. The molecule has 1 aliphatic rings. The number of nitrogens with two attached hydrogens (primary N) is 1. The molecule has 20 heavy (non-hydrogen) atoms. The van der Waals surface area contributed by atoms with E-state index in [4.69, 9.17) is 5.73 Å². The molecule has 1 heterocycles. The molecule has 2 rings (SSSR count). The predicted octanol–water partition coefficient (Wildman–Crippen LogP) is 3.23. The summed E-state index contributed by atoms with van der Waals surface area (Å²) in [6.07, 6.45) is 3.29. The van der Waals surface area contributed by atoms with Gasteiger partial charge in [-0.2, -0.15) is 0 Å². The zero-order chi connectivity index (χ0) is 14.7. The molecule has 1 aliphatic heterocycles. The molecule has 112 valence electrons. The average molecular weight is 286 g/mol. The number of likely N-dealkylation sites (tertiary alicyclic amines) is 1. The van der Waals surface area contributed by atoms with Gasteiger partial charge in [0.15, 0.2) is 17.5 Å². The lowest BCUT2D eigenvalue weighted by atomic mass is 9.92. The van der Waals surface area contributed by atoms with Gasteiger partial charge in [-0.25, -0.2) is 13.2 Å². The fraction of sp³-hybridized carbons (Fsp3) is 0.600. The number of nitrogens with zero attached hydrogens (tertiary/aromatic N) is 1. The van der Waals surface area contributed by atoms with Gasteiger partial charge in [-0.15, -0.1) is 0 Å². The maximum Gasteiger partial charge on any atom is 0.194 e. The number of benzene rings is 1. The highest BCUT2D eigenvalue weighted by Gasteiger charge is 2.26. The van der Waals surface area contributed by atoms with Crippen LogP contribution < -0.4 is 5.73 Å². The zero-order valence-electron chi connectivity index (χ0n) is 11.7. The van der Waals surface area contributed by atoms with E-state index < -0.39 is 17.5 Å². The molecule has 0 radical (unpaired) electrons. The quantitative estimate of drug-likeness (QED) is 0.861. The molecule has 1 aromatic rings. The first-order valence-corrected chi connectivity index (χ1v) is 7.15. The summed E-state index contributed by atoms with van der Waals surface area (Å²) in [5.41, 5.74) is 6.18. The van der Waals surface area contributed by atoms with Crippen molar-refractivity contribution in [3.05, 3.63) is 35.1 Å². The summed E-state index contributed by atoms with van der Waals surface area (Å²) < 4.78 is 39.7. The average Bonchev–Trinajstić information content (AvgIpc) is 2.46. The Morgan fingerprint density at radius 3 is 2.20 bits per heavy atom. The van der Waals surface area contributed by atoms with Gasteiger partial charge in [0.05, 0.1) is 0 Å². The topological polar surface area (TPSA) is 29.3 Å². The summed E-state index contributed by atoms with van der Waals surface area (Å²) >= 11 is 0. The minimum atomic E-state index is -1.42. The Kier molecular flexibility index (Phi) is 5.05. The van der Waals surface area contributed by atoms with Crippen LogP contribution in [0.25, 0.3) is 0 Å². The van der Waals surface area contributed by atoms with Crippen molar-refractivity contribution in [1.29, 1.82) is 0 Å². The van der Waals surface area contributed by atoms with Crippen LogP contribution in [0.15, 0.2) is 12.1 Å². The molecule has 1 aromatic carbocycles. The summed E-state index contributed by atoms with van der Waals surface area (Å²) in [4.78, 5) is 2.14. The van der Waals surface area contributed by atoms with Gasteiger partial charge in [0, 0.05) is 12.6 Å². The standard InChI is InChI=1S/C15H21F3N2/c1-2-10-3-5-20(6-4-10)14(9-19)11-7-12(16)15(18)13(17)8-11/h7-8,10,14H,2-6,9,19H2,1H3. The van der Waals surface area contributed by atoms with E-state index in [1.165, 1.54) is 0 Å². The Bertz CT molecular complexity index is 433. The van der Waals surface area contributed by atoms with Crippen molar-refractivity contribution < 1.29 is 13.2 Å². The first-order chi connectivity index (χ1) is 9.56. The van der Waals surface area contributed by atoms with E-state index >= 15 is 0 Å². The molecule has 0 amide bonds. The number of piperidine rings is 1. The Morgan fingerprint density at radius 1 is 1.20 bits per heavy atom. The van der Waals surface area contributed by atoms with Crippen molar-refractivity contribution in [2.24, 2.45) is 11.7 Å². The SMILES string of the molecule is CCC1CCN(C(CN)c2cc(F)c(F)c(F)c2)CC1. The molecular formula is C15H21F3N2. The maximum atomic E-state index is 13.3. The first-order valence-electron chi connectivity index (χ1n) is 7.15. The molecule has 1 atom stereocenters. The largest absolute Gasteiger partial charge is 0.329 e. The van der Waals surface area contributed by atoms with Gasteiger partial charge in [-0.1, -0.05) is 13.3 Å². The third-order valence-corrected chi connectivity index (χ3v) is 4.28. The van der Waals surface area contributed by atoms with Crippen molar-refractivity contribution in [3.63, 3.8) is 0 Å². The van der Waals surface area contributed by atoms with E-state index in [2.05, 4.69) is 11.8 Å². The molecule has 1 fully saturated rings. The Balaban J connectivity index is 2.16. The van der Waals surface area contributed by atoms with Crippen LogP contribution in [-0.4, -0.2) is 24.5 Å². The first kappa shape index (κ1) is 15.3. The second kappa shape index (κ2) is 6.59. The van der Waals surface area contributed by atoms with Crippen LogP contribution in [0.5, 0.6) is 0 Å². The lowest BCUT2D eigenvalue weighted by molar-refractivity contribution is 0.133. The second-order valence-electron chi connectivity index (χ2n) is 5.44. The Hall–Kier alpha value is -1.07. The van der Waals surface area contributed by atoms with Crippen LogP contribution in [0.3, 0.4) is 0 Å². The molecular weight excluding hydrogens is 265 g/mol. The molecule has 2 N–H and O–H groups in total. The van der Waals surface area contributed by atoms with Gasteiger partial charge in [0.2, 0.25) is 0 Å². The smallest absolute Gasteiger partial charge is 0.194 e. The molecule has 0 saturated carbocycles. The predicted molar refractivity (Wildman–Crippen MR) is 72.7 cm³/mol. The monoisotopic (exact) mass is 286 g/mol. The molecule has 1 saturated heterocycles. The van der Waals surface area contributed by atoms with Gasteiger partial charge in [0.1, 0.15) is 0 Å². The Morgan fingerprint density at radius 2 is 1.75 bits per heavy atom. The van der Waals surface area contributed by atoms with Crippen molar-refractivity contribution in [2.75, 3.05) is 19.6 Å². The van der Waals surface area contributed by atoms with Crippen LogP contribution in [0.2, 0.25) is 0 Å². The highest BCUT2D eigenvalue weighted by Crippen LogP contribution is 2.29. The molecule has 5 heteroatoms. The molecule has 2 nitrogen and oxygen atoms in total. The van der Waals surface area contributed by atoms with E-state index in [-0.39, 0.29) is 12.6 Å². The van der Waals surface area contributed by atoms with Crippen LogP contribution in [-0.2, 0) is 0 Å². The minimum Gasteiger partial charge on any atom is -0.329 e. The minimum absolute atomic E-state index is 0.252. The summed E-state index contributed by atoms with van der Waals surface area (Å²) in [6.45, 7) is 4.16. The van der Waals surface area contributed by atoms with Crippen LogP contribution >= 0.6 is 0 Å². The van der Waals surface area contributed by atoms with Crippen LogP contribution in [0.1, 0.15) is 37.8 Å². The summed E-state index contributed by atoms with van der Waals surface area (Å²) in [7, 11) is 0. The highest BCUT2D eigenvalue weighted by molar-refractivity contribution is 5.23. The molecule has 0 spiro atoms. The van der Waals surface area contributed by atoms with E-state index in [1.54, 1.807) is 0 Å². The van der Waals surface area contributed by atoms with Crippen molar-refractivity contribution in [2.45, 2.75) is 32.2 Å². The van der Waals surface area contributed by atoms with Crippen molar-refractivity contribution in [3.8, 4) is 0 Å². The Labute approximate surface area is 117 Å². The summed E-state index contributed by atoms with van der Waals surface area (Å²) in [6, 6.07) is 1.86. The van der Waals surface area contributed by atoms with Crippen LogP contribution in [0.4, 0.5) is 13.2 Å². The van der Waals surface area contributed by atoms with Gasteiger partial charge in [0.25, 0.3) is 0 Å². The third-order valence-electron chi connectivity index (χ3n) is 4.28. The van der Waals surface area contributed by atoms with Crippen LogP contribution in [0, 0.1) is 23.4 Å². The number of hydrogen-bond acceptors (Lipinski definition) is 2. The number of rotatable bonds is 4. The third kappa shape index (κ3) is 3.15. The fourth-order valence-corrected chi connectivity index (χ4v) is 2.94. The van der Waals surface area contributed by atoms with E-state index in [9.17, 15) is 13.2 Å². The fourth-order valence-electron chi connectivity index (χ4n) is 2.94. The maximum absolute atomic E-state index is 13.3. The summed E-state index contributed by atoms with van der Waals surface area (Å²) in [5, 5.41) is 0. The lowest BCUT2D eigenvalue weighted by Crippen LogP contribution is -2.39. The normalized spacial score (nSPS) is 19.2. The van der Waals surface area contributed by atoms with Crippen molar-refractivity contribution >= 4 is 0 Å². The lowest BCUT2D eigenvalue weighted by Gasteiger charge is -2.37. The molecule has 0 aromatic heterocycles. The van der Waals surface area contributed by atoms with E-state index in [0.717, 1.165) is 44.5 Å². The summed E-state index contributed by atoms with van der Waals surface area (Å²) in [5.74, 6) is -3.01. The number of hydrogen-bond donors (Lipinski definition) is 1. The van der Waals surface area contributed by atoms with E-state index in [1.807, 2.05) is 0 Å². The molecule has 1 unspecified atom stereocenters. The second-order valence-corrected chi connectivity index (χ2v) is 5.44. The molecule has 0 aliphatic carbocycles. The van der Waals surface area contributed by atoms with Gasteiger partial charge in [-0.3, -0.25) is 4.90 Å². The highest BCUT2D eigenvalue weighted by atomic mass is 19.2. The van der Waals surface area contributed by atoms with Gasteiger partial charge < -0.3 is 5.73 Å². The van der Waals surface area contributed by atoms with Crippen molar-refractivity contribution in [1.82, 2.24) is 4.90 Å². The van der Waals surface area contributed by atoms with Gasteiger partial charge >= 0.3 is 0 Å². The van der Waals surface area contributed by atoms with E-state index in [0.29, 0.717) is 11.5 Å². The zero-order valence-corrected chi connectivity index (χ0v) is 11.7. The molecule has 0 bridgehead atoms.